The number of benzene rings is 1. The van der Waals surface area contributed by atoms with E-state index in [4.69, 9.17) is 5.73 Å². The largest absolute Gasteiger partial charge is 0.377 e. The van der Waals surface area contributed by atoms with E-state index < -0.39 is 0 Å². The van der Waals surface area contributed by atoms with Crippen LogP contribution in [0.3, 0.4) is 0 Å². The smallest absolute Gasteiger partial charge is 0.0631 e. The van der Waals surface area contributed by atoms with Crippen LogP contribution in [0.2, 0.25) is 0 Å². The maximum atomic E-state index is 5.83. The minimum absolute atomic E-state index is 0.0355. The molecule has 2 rings (SSSR count). The third-order valence-electron chi connectivity index (χ3n) is 2.89. The summed E-state index contributed by atoms with van der Waals surface area (Å²) in [6, 6.07) is 8.21. The molecule has 1 atom stereocenters. The van der Waals surface area contributed by atoms with E-state index in [1.807, 2.05) is 12.1 Å². The second kappa shape index (κ2) is 4.51. The molecule has 0 spiro atoms. The van der Waals surface area contributed by atoms with Gasteiger partial charge in [0, 0.05) is 23.2 Å². The highest BCUT2D eigenvalue weighted by atomic mass is 79.9. The normalized spacial score (nSPS) is 25.5. The Balaban J connectivity index is 2.09. The summed E-state index contributed by atoms with van der Waals surface area (Å²) in [4.78, 5) is 0. The van der Waals surface area contributed by atoms with Gasteiger partial charge in [0.15, 0.2) is 0 Å². The SMILES string of the molecule is NCC1(Nc2ccc(Br)cc2)CCNC1. The van der Waals surface area contributed by atoms with Crippen LogP contribution < -0.4 is 16.4 Å². The molecule has 1 fully saturated rings. The first-order chi connectivity index (χ1) is 7.24. The van der Waals surface area contributed by atoms with Crippen molar-refractivity contribution in [1.82, 2.24) is 5.32 Å². The highest BCUT2D eigenvalue weighted by Gasteiger charge is 2.31. The van der Waals surface area contributed by atoms with Crippen molar-refractivity contribution in [3.63, 3.8) is 0 Å². The van der Waals surface area contributed by atoms with Crippen LogP contribution in [0.5, 0.6) is 0 Å². The maximum absolute atomic E-state index is 5.83. The highest BCUT2D eigenvalue weighted by molar-refractivity contribution is 9.10. The van der Waals surface area contributed by atoms with E-state index in [0.29, 0.717) is 6.54 Å². The molecule has 0 aromatic heterocycles. The van der Waals surface area contributed by atoms with Gasteiger partial charge in [-0.05, 0) is 37.2 Å². The Morgan fingerprint density at radius 3 is 2.67 bits per heavy atom. The number of hydrogen-bond donors (Lipinski definition) is 3. The molecule has 0 amide bonds. The lowest BCUT2D eigenvalue weighted by molar-refractivity contribution is 0.523. The molecule has 0 saturated carbocycles. The molecule has 4 heteroatoms. The molecular formula is C11H16BrN3. The number of halogens is 1. The predicted octanol–water partition coefficient (Wildman–Crippen LogP) is 1.55. The highest BCUT2D eigenvalue weighted by Crippen LogP contribution is 2.22. The van der Waals surface area contributed by atoms with Gasteiger partial charge in [-0.3, -0.25) is 0 Å². The Morgan fingerprint density at radius 1 is 1.40 bits per heavy atom. The zero-order valence-electron chi connectivity index (χ0n) is 8.59. The number of nitrogens with two attached hydrogens (primary N) is 1. The van der Waals surface area contributed by atoms with Crippen molar-refractivity contribution in [2.24, 2.45) is 5.73 Å². The molecule has 1 saturated heterocycles. The number of hydrogen-bond acceptors (Lipinski definition) is 3. The first kappa shape index (κ1) is 10.9. The lowest BCUT2D eigenvalue weighted by Crippen LogP contribution is -2.47. The van der Waals surface area contributed by atoms with Gasteiger partial charge in [-0.2, -0.15) is 0 Å². The van der Waals surface area contributed by atoms with Crippen LogP contribution in [0.25, 0.3) is 0 Å². The quantitative estimate of drug-likeness (QED) is 0.781. The molecule has 4 N–H and O–H groups in total. The van der Waals surface area contributed by atoms with Gasteiger partial charge < -0.3 is 16.4 Å². The lowest BCUT2D eigenvalue weighted by atomic mass is 9.98. The summed E-state index contributed by atoms with van der Waals surface area (Å²) in [6.07, 6.45) is 1.08. The predicted molar refractivity (Wildman–Crippen MR) is 67.0 cm³/mol. The summed E-state index contributed by atoms with van der Waals surface area (Å²) in [5.41, 5.74) is 7.00. The van der Waals surface area contributed by atoms with Crippen LogP contribution in [0.4, 0.5) is 5.69 Å². The number of nitrogens with one attached hydrogen (secondary N) is 2. The third kappa shape index (κ3) is 2.51. The van der Waals surface area contributed by atoms with E-state index in [1.54, 1.807) is 0 Å². The van der Waals surface area contributed by atoms with Crippen molar-refractivity contribution >= 4 is 21.6 Å². The molecule has 0 aliphatic carbocycles. The fourth-order valence-corrected chi connectivity index (χ4v) is 2.18. The van der Waals surface area contributed by atoms with Crippen LogP contribution in [0.15, 0.2) is 28.7 Å². The molecule has 1 aliphatic rings. The Bertz CT molecular complexity index is 317. The Hall–Kier alpha value is -0.580. The second-order valence-electron chi connectivity index (χ2n) is 4.04. The zero-order valence-corrected chi connectivity index (χ0v) is 10.2. The summed E-state index contributed by atoms with van der Waals surface area (Å²) in [5, 5.41) is 6.87. The average Bonchev–Trinajstić information content (AvgIpc) is 2.71. The van der Waals surface area contributed by atoms with Crippen LogP contribution in [-0.4, -0.2) is 25.2 Å². The standard InChI is InChI=1S/C11H16BrN3/c12-9-1-3-10(4-2-9)15-11(7-13)5-6-14-8-11/h1-4,14-15H,5-8,13H2. The average molecular weight is 270 g/mol. The number of rotatable bonds is 3. The minimum atomic E-state index is 0.0355. The van der Waals surface area contributed by atoms with E-state index >= 15 is 0 Å². The van der Waals surface area contributed by atoms with E-state index in [1.165, 1.54) is 0 Å². The fraction of sp³-hybridized carbons (Fsp3) is 0.455. The minimum Gasteiger partial charge on any atom is -0.377 e. The molecular weight excluding hydrogens is 254 g/mol. The van der Waals surface area contributed by atoms with Crippen LogP contribution in [0.1, 0.15) is 6.42 Å². The monoisotopic (exact) mass is 269 g/mol. The van der Waals surface area contributed by atoms with Gasteiger partial charge in [-0.25, -0.2) is 0 Å². The van der Waals surface area contributed by atoms with Gasteiger partial charge in [0.1, 0.15) is 0 Å². The second-order valence-corrected chi connectivity index (χ2v) is 4.96. The van der Waals surface area contributed by atoms with Gasteiger partial charge in [-0.1, -0.05) is 15.9 Å². The maximum Gasteiger partial charge on any atom is 0.0631 e. The van der Waals surface area contributed by atoms with Crippen molar-refractivity contribution in [2.75, 3.05) is 25.0 Å². The Morgan fingerprint density at radius 2 is 2.13 bits per heavy atom. The molecule has 15 heavy (non-hydrogen) atoms. The fourth-order valence-electron chi connectivity index (χ4n) is 1.92. The van der Waals surface area contributed by atoms with E-state index in [-0.39, 0.29) is 5.54 Å². The topological polar surface area (TPSA) is 50.1 Å². The summed E-state index contributed by atoms with van der Waals surface area (Å²) in [6.45, 7) is 2.65. The van der Waals surface area contributed by atoms with Crippen LogP contribution >= 0.6 is 15.9 Å². The van der Waals surface area contributed by atoms with Gasteiger partial charge in [0.05, 0.1) is 5.54 Å². The molecule has 0 bridgehead atoms. The van der Waals surface area contributed by atoms with E-state index in [2.05, 4.69) is 38.7 Å². The molecule has 1 aromatic carbocycles. The summed E-state index contributed by atoms with van der Waals surface area (Å²) in [5.74, 6) is 0. The van der Waals surface area contributed by atoms with Crippen LogP contribution in [0, 0.1) is 0 Å². The Labute approximate surface area is 98.6 Å². The third-order valence-corrected chi connectivity index (χ3v) is 3.42. The molecule has 1 unspecified atom stereocenters. The van der Waals surface area contributed by atoms with E-state index in [9.17, 15) is 0 Å². The molecule has 0 radical (unpaired) electrons. The summed E-state index contributed by atoms with van der Waals surface area (Å²) in [7, 11) is 0. The van der Waals surface area contributed by atoms with Crippen molar-refractivity contribution in [1.29, 1.82) is 0 Å². The van der Waals surface area contributed by atoms with Crippen molar-refractivity contribution in [2.45, 2.75) is 12.0 Å². The zero-order chi connectivity index (χ0) is 10.7. The summed E-state index contributed by atoms with van der Waals surface area (Å²) >= 11 is 3.42. The summed E-state index contributed by atoms with van der Waals surface area (Å²) < 4.78 is 1.10. The van der Waals surface area contributed by atoms with Crippen molar-refractivity contribution in [3.8, 4) is 0 Å². The molecule has 1 aromatic rings. The molecule has 82 valence electrons. The molecule has 1 aliphatic heterocycles. The lowest BCUT2D eigenvalue weighted by Gasteiger charge is -2.29. The Kier molecular flexibility index (Phi) is 3.29. The van der Waals surface area contributed by atoms with Gasteiger partial charge in [0.2, 0.25) is 0 Å². The van der Waals surface area contributed by atoms with Crippen molar-refractivity contribution in [3.05, 3.63) is 28.7 Å². The molecule has 3 nitrogen and oxygen atoms in total. The van der Waals surface area contributed by atoms with Crippen LogP contribution in [-0.2, 0) is 0 Å². The van der Waals surface area contributed by atoms with Crippen molar-refractivity contribution < 1.29 is 0 Å². The first-order valence-corrected chi connectivity index (χ1v) is 5.98. The van der Waals surface area contributed by atoms with Gasteiger partial charge in [0.25, 0.3) is 0 Å². The molecule has 1 heterocycles. The van der Waals surface area contributed by atoms with E-state index in [0.717, 1.165) is 29.7 Å². The number of anilines is 1. The van der Waals surface area contributed by atoms with Gasteiger partial charge >= 0.3 is 0 Å². The first-order valence-electron chi connectivity index (χ1n) is 5.19. The van der Waals surface area contributed by atoms with Gasteiger partial charge in [-0.15, -0.1) is 0 Å².